The van der Waals surface area contributed by atoms with Gasteiger partial charge in [0.1, 0.15) is 6.04 Å². The summed E-state index contributed by atoms with van der Waals surface area (Å²) in [7, 11) is 0. The largest absolute Gasteiger partial charge is 0.480 e. The van der Waals surface area contributed by atoms with E-state index < -0.39 is 12.0 Å². The van der Waals surface area contributed by atoms with Crippen molar-refractivity contribution < 1.29 is 14.7 Å². The lowest BCUT2D eigenvalue weighted by Gasteiger charge is -2.20. The number of rotatable bonds is 5. The van der Waals surface area contributed by atoms with Crippen LogP contribution in [0.1, 0.15) is 24.2 Å². The summed E-state index contributed by atoms with van der Waals surface area (Å²) < 4.78 is 1.79. The summed E-state index contributed by atoms with van der Waals surface area (Å²) in [6.07, 6.45) is 1.39. The molecule has 0 spiro atoms. The Morgan fingerprint density at radius 3 is 2.68 bits per heavy atom. The van der Waals surface area contributed by atoms with Crippen molar-refractivity contribution in [1.82, 2.24) is 14.7 Å². The van der Waals surface area contributed by atoms with Gasteiger partial charge < -0.3 is 10.4 Å². The van der Waals surface area contributed by atoms with Crippen LogP contribution in [-0.4, -0.2) is 50.8 Å². The molecule has 0 bridgehead atoms. The smallest absolute Gasteiger partial charge is 0.320 e. The minimum atomic E-state index is -0.866. The molecule has 0 unspecified atom stereocenters. The number of carboxylic acid groups (broad SMARTS) is 1. The highest BCUT2D eigenvalue weighted by atomic mass is 16.4. The Balaban J connectivity index is 1.74. The summed E-state index contributed by atoms with van der Waals surface area (Å²) >= 11 is 0. The van der Waals surface area contributed by atoms with Crippen LogP contribution < -0.4 is 5.32 Å². The highest BCUT2D eigenvalue weighted by molar-refractivity contribution is 5.93. The van der Waals surface area contributed by atoms with E-state index in [1.165, 1.54) is 0 Å². The number of anilines is 1. The van der Waals surface area contributed by atoms with Crippen LogP contribution in [0.4, 0.5) is 5.69 Å². The number of para-hydroxylation sites is 1. The zero-order valence-electron chi connectivity index (χ0n) is 14.4. The van der Waals surface area contributed by atoms with Gasteiger partial charge in [-0.25, -0.2) is 4.68 Å². The Hall–Kier alpha value is -2.67. The molecule has 132 valence electrons. The number of hydrogen-bond acceptors (Lipinski definition) is 4. The summed E-state index contributed by atoms with van der Waals surface area (Å²) in [5.74, 6) is -1.08. The first-order valence-electron chi connectivity index (χ1n) is 8.35. The van der Waals surface area contributed by atoms with Crippen LogP contribution in [0.5, 0.6) is 0 Å². The molecule has 1 fully saturated rings. The second-order valence-corrected chi connectivity index (χ2v) is 6.31. The van der Waals surface area contributed by atoms with Gasteiger partial charge in [0, 0.05) is 0 Å². The maximum Gasteiger partial charge on any atom is 0.320 e. The third-order valence-electron chi connectivity index (χ3n) is 4.55. The summed E-state index contributed by atoms with van der Waals surface area (Å²) in [6, 6.07) is 9.14. The Morgan fingerprint density at radius 1 is 1.28 bits per heavy atom. The monoisotopic (exact) mass is 342 g/mol. The predicted octanol–water partition coefficient (Wildman–Crippen LogP) is 1.98. The molecule has 3 rings (SSSR count). The van der Waals surface area contributed by atoms with E-state index in [9.17, 15) is 14.7 Å². The van der Waals surface area contributed by atoms with Crippen LogP contribution in [0.15, 0.2) is 30.3 Å². The van der Waals surface area contributed by atoms with Gasteiger partial charge in [-0.3, -0.25) is 14.5 Å². The molecule has 1 aromatic carbocycles. The molecular weight excluding hydrogens is 320 g/mol. The first-order valence-corrected chi connectivity index (χ1v) is 8.35. The number of aliphatic carboxylic acids is 1. The topological polar surface area (TPSA) is 87.5 Å². The van der Waals surface area contributed by atoms with Crippen LogP contribution >= 0.6 is 0 Å². The molecule has 1 atom stereocenters. The molecule has 0 radical (unpaired) electrons. The molecule has 25 heavy (non-hydrogen) atoms. The molecule has 7 heteroatoms. The Labute approximate surface area is 146 Å². The zero-order chi connectivity index (χ0) is 18.0. The number of amides is 1. The molecule has 1 amide bonds. The van der Waals surface area contributed by atoms with E-state index in [1.807, 2.05) is 44.2 Å². The molecule has 1 saturated heterocycles. The van der Waals surface area contributed by atoms with E-state index in [-0.39, 0.29) is 12.5 Å². The van der Waals surface area contributed by atoms with Gasteiger partial charge in [-0.2, -0.15) is 5.10 Å². The van der Waals surface area contributed by atoms with Crippen molar-refractivity contribution in [3.05, 3.63) is 41.7 Å². The molecule has 1 aromatic heterocycles. The van der Waals surface area contributed by atoms with Gasteiger partial charge in [0.25, 0.3) is 0 Å². The van der Waals surface area contributed by atoms with Crippen LogP contribution in [-0.2, 0) is 9.59 Å². The molecule has 2 heterocycles. The fourth-order valence-corrected chi connectivity index (χ4v) is 3.30. The van der Waals surface area contributed by atoms with Crippen molar-refractivity contribution in [2.75, 3.05) is 18.4 Å². The van der Waals surface area contributed by atoms with Gasteiger partial charge >= 0.3 is 5.97 Å². The minimum absolute atomic E-state index is 0.0758. The van der Waals surface area contributed by atoms with Crippen molar-refractivity contribution >= 4 is 17.6 Å². The second kappa shape index (κ2) is 7.06. The van der Waals surface area contributed by atoms with Crippen LogP contribution in [0.2, 0.25) is 0 Å². The van der Waals surface area contributed by atoms with Gasteiger partial charge in [-0.1, -0.05) is 18.2 Å². The van der Waals surface area contributed by atoms with E-state index >= 15 is 0 Å². The van der Waals surface area contributed by atoms with Crippen molar-refractivity contribution in [3.8, 4) is 5.69 Å². The van der Waals surface area contributed by atoms with Crippen molar-refractivity contribution in [1.29, 1.82) is 0 Å². The Kier molecular flexibility index (Phi) is 4.85. The normalized spacial score (nSPS) is 17.6. The van der Waals surface area contributed by atoms with Gasteiger partial charge in [0.15, 0.2) is 0 Å². The first-order chi connectivity index (χ1) is 12.0. The summed E-state index contributed by atoms with van der Waals surface area (Å²) in [5, 5.41) is 16.6. The first kappa shape index (κ1) is 17.2. The number of aryl methyl sites for hydroxylation is 1. The zero-order valence-corrected chi connectivity index (χ0v) is 14.4. The number of carbonyl (C=O) groups is 2. The molecule has 7 nitrogen and oxygen atoms in total. The molecule has 2 N–H and O–H groups in total. The van der Waals surface area contributed by atoms with Gasteiger partial charge in [-0.15, -0.1) is 0 Å². The number of hydrogen-bond donors (Lipinski definition) is 2. The average molecular weight is 342 g/mol. The standard InChI is InChI=1S/C18H22N4O3/c1-12-17(13(2)22(20-12)14-7-4-3-5-8-14)19-16(23)11-21-10-6-9-15(21)18(24)25/h3-5,7-8,15H,6,9-11H2,1-2H3,(H,19,23)(H,24,25)/t15-/m0/s1. The SMILES string of the molecule is Cc1nn(-c2ccccc2)c(C)c1NC(=O)CN1CCC[C@H]1C(=O)O. The molecule has 1 aliphatic rings. The lowest BCUT2D eigenvalue weighted by atomic mass is 10.2. The summed E-state index contributed by atoms with van der Waals surface area (Å²) in [4.78, 5) is 25.3. The fourth-order valence-electron chi connectivity index (χ4n) is 3.30. The van der Waals surface area contributed by atoms with E-state index in [4.69, 9.17) is 0 Å². The highest BCUT2D eigenvalue weighted by Crippen LogP contribution is 2.23. The predicted molar refractivity (Wildman–Crippen MR) is 93.9 cm³/mol. The van der Waals surface area contributed by atoms with Crippen LogP contribution in [0.3, 0.4) is 0 Å². The minimum Gasteiger partial charge on any atom is -0.480 e. The van der Waals surface area contributed by atoms with E-state index in [2.05, 4.69) is 10.4 Å². The number of likely N-dealkylation sites (tertiary alicyclic amines) is 1. The average Bonchev–Trinajstić information content (AvgIpc) is 3.15. The van der Waals surface area contributed by atoms with E-state index in [0.29, 0.717) is 18.7 Å². The molecule has 0 aliphatic carbocycles. The maximum absolute atomic E-state index is 12.4. The highest BCUT2D eigenvalue weighted by Gasteiger charge is 2.31. The summed E-state index contributed by atoms with van der Waals surface area (Å²) in [6.45, 7) is 4.45. The third-order valence-corrected chi connectivity index (χ3v) is 4.55. The van der Waals surface area contributed by atoms with Crippen molar-refractivity contribution in [3.63, 3.8) is 0 Å². The van der Waals surface area contributed by atoms with Crippen LogP contribution in [0.25, 0.3) is 5.69 Å². The molecule has 2 aromatic rings. The van der Waals surface area contributed by atoms with Crippen molar-refractivity contribution in [2.24, 2.45) is 0 Å². The number of carboxylic acids is 1. The lowest BCUT2D eigenvalue weighted by Crippen LogP contribution is -2.41. The van der Waals surface area contributed by atoms with E-state index in [0.717, 1.165) is 23.5 Å². The number of carbonyl (C=O) groups excluding carboxylic acids is 1. The second-order valence-electron chi connectivity index (χ2n) is 6.31. The maximum atomic E-state index is 12.4. The van der Waals surface area contributed by atoms with Crippen molar-refractivity contribution in [2.45, 2.75) is 32.7 Å². The van der Waals surface area contributed by atoms with E-state index in [1.54, 1.807) is 9.58 Å². The molecule has 0 saturated carbocycles. The molecular formula is C18H22N4O3. The lowest BCUT2D eigenvalue weighted by molar-refractivity contribution is -0.142. The number of aromatic nitrogens is 2. The van der Waals surface area contributed by atoms with Gasteiger partial charge in [0.05, 0.1) is 29.3 Å². The number of benzene rings is 1. The van der Waals surface area contributed by atoms with Crippen LogP contribution in [0, 0.1) is 13.8 Å². The Morgan fingerprint density at radius 2 is 2.00 bits per heavy atom. The number of nitrogens with zero attached hydrogens (tertiary/aromatic N) is 3. The third kappa shape index (κ3) is 3.56. The fraction of sp³-hybridized carbons (Fsp3) is 0.389. The Bertz CT molecular complexity index is 785. The quantitative estimate of drug-likeness (QED) is 0.867. The number of nitrogens with one attached hydrogen (secondary N) is 1. The summed E-state index contributed by atoms with van der Waals surface area (Å²) in [5.41, 5.74) is 3.17. The van der Waals surface area contributed by atoms with Gasteiger partial charge in [0.2, 0.25) is 5.91 Å². The molecule has 1 aliphatic heterocycles. The van der Waals surface area contributed by atoms with Gasteiger partial charge in [-0.05, 0) is 45.4 Å².